The minimum Gasteiger partial charge on any atom is -0.370 e. The number of aromatic nitrogens is 3. The summed E-state index contributed by atoms with van der Waals surface area (Å²) in [5.74, 6) is 1.33. The van der Waals surface area contributed by atoms with Crippen LogP contribution in [0.3, 0.4) is 0 Å². The van der Waals surface area contributed by atoms with E-state index in [1.807, 2.05) is 6.07 Å². The van der Waals surface area contributed by atoms with Crippen LogP contribution in [0.5, 0.6) is 0 Å². The molecule has 0 amide bonds. The summed E-state index contributed by atoms with van der Waals surface area (Å²) in [5.41, 5.74) is 0.606. The summed E-state index contributed by atoms with van der Waals surface area (Å²) in [6, 6.07) is 5.39. The van der Waals surface area contributed by atoms with E-state index in [-0.39, 0.29) is 0 Å². The molecule has 2 heterocycles. The quantitative estimate of drug-likeness (QED) is 0.904. The number of halogens is 1. The van der Waals surface area contributed by atoms with Crippen LogP contribution in [0.1, 0.15) is 13.3 Å². The zero-order valence-corrected chi connectivity index (χ0v) is 10.3. The summed E-state index contributed by atoms with van der Waals surface area (Å²) in [6.07, 6.45) is 4.42. The number of pyridine rings is 1. The SMILES string of the molecule is CCCNc1ccnc(-c2ncccc2Cl)n1. The highest BCUT2D eigenvalue weighted by molar-refractivity contribution is 6.32. The van der Waals surface area contributed by atoms with Crippen LogP contribution in [0.2, 0.25) is 5.02 Å². The van der Waals surface area contributed by atoms with Gasteiger partial charge in [0.05, 0.1) is 5.02 Å². The van der Waals surface area contributed by atoms with Crippen molar-refractivity contribution in [1.82, 2.24) is 15.0 Å². The van der Waals surface area contributed by atoms with E-state index in [1.165, 1.54) is 0 Å². The van der Waals surface area contributed by atoms with Gasteiger partial charge in [-0.3, -0.25) is 4.98 Å². The van der Waals surface area contributed by atoms with Crippen molar-refractivity contribution in [3.05, 3.63) is 35.6 Å². The fourth-order valence-electron chi connectivity index (χ4n) is 1.37. The average Bonchev–Trinajstić information content (AvgIpc) is 2.37. The van der Waals surface area contributed by atoms with Crippen LogP contribution in [0.25, 0.3) is 11.5 Å². The van der Waals surface area contributed by atoms with E-state index in [1.54, 1.807) is 24.5 Å². The number of rotatable bonds is 4. The van der Waals surface area contributed by atoms with Crippen LogP contribution in [0.4, 0.5) is 5.82 Å². The van der Waals surface area contributed by atoms with Crippen molar-refractivity contribution >= 4 is 17.4 Å². The van der Waals surface area contributed by atoms with Gasteiger partial charge in [0.15, 0.2) is 5.82 Å². The van der Waals surface area contributed by atoms with Crippen molar-refractivity contribution < 1.29 is 0 Å². The first kappa shape index (κ1) is 11.8. The Kier molecular flexibility index (Phi) is 3.88. The Morgan fingerprint density at radius 2 is 2.12 bits per heavy atom. The van der Waals surface area contributed by atoms with E-state index in [4.69, 9.17) is 11.6 Å². The number of nitrogens with one attached hydrogen (secondary N) is 1. The molecule has 1 N–H and O–H groups in total. The van der Waals surface area contributed by atoms with Crippen molar-refractivity contribution in [1.29, 1.82) is 0 Å². The summed E-state index contributed by atoms with van der Waals surface area (Å²) in [5, 5.41) is 3.76. The lowest BCUT2D eigenvalue weighted by molar-refractivity contribution is 0.965. The molecule has 0 aromatic carbocycles. The van der Waals surface area contributed by atoms with Crippen LogP contribution in [-0.4, -0.2) is 21.5 Å². The van der Waals surface area contributed by atoms with E-state index in [9.17, 15) is 0 Å². The van der Waals surface area contributed by atoms with Gasteiger partial charge in [-0.1, -0.05) is 18.5 Å². The molecule has 0 aliphatic heterocycles. The third-order valence-electron chi connectivity index (χ3n) is 2.18. The number of hydrogen-bond acceptors (Lipinski definition) is 4. The van der Waals surface area contributed by atoms with Gasteiger partial charge in [0.1, 0.15) is 11.5 Å². The lowest BCUT2D eigenvalue weighted by Crippen LogP contribution is -2.03. The minimum atomic E-state index is 0.539. The van der Waals surface area contributed by atoms with Gasteiger partial charge in [-0.25, -0.2) is 9.97 Å². The highest BCUT2D eigenvalue weighted by Gasteiger charge is 2.07. The summed E-state index contributed by atoms with van der Waals surface area (Å²) < 4.78 is 0. The Balaban J connectivity index is 2.30. The molecule has 2 aromatic rings. The Morgan fingerprint density at radius 3 is 2.88 bits per heavy atom. The van der Waals surface area contributed by atoms with E-state index in [0.717, 1.165) is 18.8 Å². The standard InChI is InChI=1S/C12H13ClN4/c1-2-6-14-10-5-8-16-12(17-10)11-9(13)4-3-7-15-11/h3-5,7-8H,2,6H2,1H3,(H,14,16,17). The van der Waals surface area contributed by atoms with Gasteiger partial charge in [0, 0.05) is 18.9 Å². The molecule has 2 rings (SSSR count). The molecule has 2 aromatic heterocycles. The third kappa shape index (κ3) is 2.91. The van der Waals surface area contributed by atoms with Gasteiger partial charge in [0.2, 0.25) is 0 Å². The Hall–Kier alpha value is -1.68. The molecule has 17 heavy (non-hydrogen) atoms. The van der Waals surface area contributed by atoms with Gasteiger partial charge < -0.3 is 5.32 Å². The molecule has 88 valence electrons. The van der Waals surface area contributed by atoms with E-state index in [2.05, 4.69) is 27.2 Å². The maximum atomic E-state index is 6.05. The smallest absolute Gasteiger partial charge is 0.181 e. The third-order valence-corrected chi connectivity index (χ3v) is 2.49. The van der Waals surface area contributed by atoms with Gasteiger partial charge in [-0.15, -0.1) is 0 Å². The predicted molar refractivity (Wildman–Crippen MR) is 69.1 cm³/mol. The van der Waals surface area contributed by atoms with Crippen molar-refractivity contribution in [3.8, 4) is 11.5 Å². The molecular formula is C12H13ClN4. The van der Waals surface area contributed by atoms with Crippen LogP contribution in [0.15, 0.2) is 30.6 Å². The van der Waals surface area contributed by atoms with Crippen molar-refractivity contribution in [2.24, 2.45) is 0 Å². The number of nitrogens with zero attached hydrogens (tertiary/aromatic N) is 3. The van der Waals surface area contributed by atoms with Gasteiger partial charge in [-0.05, 0) is 24.6 Å². The molecule has 0 radical (unpaired) electrons. The second-order valence-corrected chi connectivity index (χ2v) is 3.93. The minimum absolute atomic E-state index is 0.539. The lowest BCUT2D eigenvalue weighted by atomic mass is 10.3. The topological polar surface area (TPSA) is 50.7 Å². The summed E-state index contributed by atoms with van der Waals surface area (Å²) in [4.78, 5) is 12.7. The molecule has 5 heteroatoms. The second-order valence-electron chi connectivity index (χ2n) is 3.53. The van der Waals surface area contributed by atoms with Crippen LogP contribution in [-0.2, 0) is 0 Å². The molecule has 0 atom stereocenters. The summed E-state index contributed by atoms with van der Waals surface area (Å²) >= 11 is 6.05. The van der Waals surface area contributed by atoms with E-state index >= 15 is 0 Å². The monoisotopic (exact) mass is 248 g/mol. The van der Waals surface area contributed by atoms with Crippen molar-refractivity contribution in [3.63, 3.8) is 0 Å². The number of anilines is 1. The summed E-state index contributed by atoms with van der Waals surface area (Å²) in [6.45, 7) is 2.98. The highest BCUT2D eigenvalue weighted by Crippen LogP contribution is 2.22. The molecule has 4 nitrogen and oxygen atoms in total. The largest absolute Gasteiger partial charge is 0.370 e. The fourth-order valence-corrected chi connectivity index (χ4v) is 1.58. The Labute approximate surface area is 105 Å². The first-order valence-corrected chi connectivity index (χ1v) is 5.87. The molecule has 0 bridgehead atoms. The molecule has 0 aliphatic rings. The molecule has 0 saturated heterocycles. The summed E-state index contributed by atoms with van der Waals surface area (Å²) in [7, 11) is 0. The Bertz CT molecular complexity index is 501. The lowest BCUT2D eigenvalue weighted by Gasteiger charge is -2.05. The zero-order chi connectivity index (χ0) is 12.1. The maximum absolute atomic E-state index is 6.05. The van der Waals surface area contributed by atoms with Gasteiger partial charge in [-0.2, -0.15) is 0 Å². The van der Waals surface area contributed by atoms with Crippen LogP contribution in [0, 0.1) is 0 Å². The maximum Gasteiger partial charge on any atom is 0.181 e. The molecule has 0 unspecified atom stereocenters. The van der Waals surface area contributed by atoms with Gasteiger partial charge in [0.25, 0.3) is 0 Å². The number of hydrogen-bond donors (Lipinski definition) is 1. The van der Waals surface area contributed by atoms with E-state index in [0.29, 0.717) is 16.5 Å². The molecule has 0 aliphatic carbocycles. The predicted octanol–water partition coefficient (Wildman–Crippen LogP) is 3.01. The van der Waals surface area contributed by atoms with Crippen molar-refractivity contribution in [2.75, 3.05) is 11.9 Å². The normalized spacial score (nSPS) is 10.2. The molecule has 0 spiro atoms. The highest BCUT2D eigenvalue weighted by atomic mass is 35.5. The molecule has 0 fully saturated rings. The first-order chi connectivity index (χ1) is 8.31. The van der Waals surface area contributed by atoms with Gasteiger partial charge >= 0.3 is 0 Å². The first-order valence-electron chi connectivity index (χ1n) is 5.49. The zero-order valence-electron chi connectivity index (χ0n) is 9.52. The Morgan fingerprint density at radius 1 is 1.24 bits per heavy atom. The fraction of sp³-hybridized carbons (Fsp3) is 0.250. The van der Waals surface area contributed by atoms with E-state index < -0.39 is 0 Å². The molecule has 0 saturated carbocycles. The molecular weight excluding hydrogens is 236 g/mol. The second kappa shape index (κ2) is 5.59. The average molecular weight is 249 g/mol. The van der Waals surface area contributed by atoms with Crippen LogP contribution < -0.4 is 5.32 Å². The van der Waals surface area contributed by atoms with Crippen molar-refractivity contribution in [2.45, 2.75) is 13.3 Å². The van der Waals surface area contributed by atoms with Crippen LogP contribution >= 0.6 is 11.6 Å².